The fraction of sp³-hybridized carbons (Fsp3) is 0.308. The quantitative estimate of drug-likeness (QED) is 0.847. The molecular formula is C13H12N4O3. The zero-order valence-electron chi connectivity index (χ0n) is 10.5. The Morgan fingerprint density at radius 2 is 2.20 bits per heavy atom. The molecule has 2 heterocycles. The summed E-state index contributed by atoms with van der Waals surface area (Å²) < 4.78 is 5.22. The molecule has 0 bridgehead atoms. The molecule has 7 heteroatoms. The monoisotopic (exact) mass is 272 g/mol. The Balaban J connectivity index is 1.90. The van der Waals surface area contributed by atoms with Gasteiger partial charge in [0.2, 0.25) is 11.7 Å². The fourth-order valence-corrected chi connectivity index (χ4v) is 2.27. The Labute approximate surface area is 114 Å². The van der Waals surface area contributed by atoms with Crippen molar-refractivity contribution in [2.24, 2.45) is 5.92 Å². The highest BCUT2D eigenvalue weighted by molar-refractivity contribution is 5.71. The summed E-state index contributed by atoms with van der Waals surface area (Å²) in [4.78, 5) is 23.4. The molecule has 2 aromatic heterocycles. The van der Waals surface area contributed by atoms with Crippen LogP contribution in [0.15, 0.2) is 35.3 Å². The van der Waals surface area contributed by atoms with E-state index in [1.54, 1.807) is 12.3 Å². The van der Waals surface area contributed by atoms with Gasteiger partial charge >= 0.3 is 5.97 Å². The molecule has 0 fully saturated rings. The number of rotatable bonds is 3. The Morgan fingerprint density at radius 3 is 2.95 bits per heavy atom. The van der Waals surface area contributed by atoms with Gasteiger partial charge in [-0.05, 0) is 18.9 Å². The van der Waals surface area contributed by atoms with Gasteiger partial charge in [-0.25, -0.2) is 9.97 Å². The summed E-state index contributed by atoms with van der Waals surface area (Å²) in [7, 11) is 0. The van der Waals surface area contributed by atoms with Crippen LogP contribution in [-0.4, -0.2) is 31.2 Å². The summed E-state index contributed by atoms with van der Waals surface area (Å²) in [6.07, 6.45) is 7.86. The predicted molar refractivity (Wildman–Crippen MR) is 67.6 cm³/mol. The van der Waals surface area contributed by atoms with Gasteiger partial charge in [0.15, 0.2) is 0 Å². The van der Waals surface area contributed by atoms with Crippen LogP contribution in [0.1, 0.15) is 24.7 Å². The lowest BCUT2D eigenvalue weighted by Crippen LogP contribution is -2.23. The lowest BCUT2D eigenvalue weighted by atomic mass is 9.83. The van der Waals surface area contributed by atoms with Crippen molar-refractivity contribution in [3.8, 4) is 11.5 Å². The van der Waals surface area contributed by atoms with Crippen molar-refractivity contribution < 1.29 is 14.4 Å². The molecule has 2 atom stereocenters. The van der Waals surface area contributed by atoms with E-state index in [-0.39, 0.29) is 5.92 Å². The molecule has 1 aliphatic rings. The number of hydrogen-bond donors (Lipinski definition) is 1. The van der Waals surface area contributed by atoms with E-state index >= 15 is 0 Å². The van der Waals surface area contributed by atoms with Crippen molar-refractivity contribution in [2.75, 3.05) is 0 Å². The molecule has 0 saturated carbocycles. The maximum atomic E-state index is 11.3. The van der Waals surface area contributed by atoms with Crippen molar-refractivity contribution in [2.45, 2.75) is 18.8 Å². The van der Waals surface area contributed by atoms with Gasteiger partial charge in [-0.15, -0.1) is 0 Å². The number of carboxylic acids is 1. The smallest absolute Gasteiger partial charge is 0.307 e. The number of carbonyl (C=O) groups is 1. The van der Waals surface area contributed by atoms with Crippen LogP contribution in [0.2, 0.25) is 0 Å². The average molecular weight is 272 g/mol. The van der Waals surface area contributed by atoms with Gasteiger partial charge in [-0.3, -0.25) is 4.79 Å². The van der Waals surface area contributed by atoms with E-state index < -0.39 is 11.9 Å². The van der Waals surface area contributed by atoms with E-state index in [0.717, 1.165) is 0 Å². The molecule has 1 N–H and O–H groups in total. The largest absolute Gasteiger partial charge is 0.481 e. The van der Waals surface area contributed by atoms with Crippen LogP contribution >= 0.6 is 0 Å². The number of hydrogen-bond acceptors (Lipinski definition) is 6. The van der Waals surface area contributed by atoms with Gasteiger partial charge in [-0.2, -0.15) is 4.98 Å². The minimum Gasteiger partial charge on any atom is -0.481 e. The minimum atomic E-state index is -0.846. The molecule has 0 saturated heterocycles. The van der Waals surface area contributed by atoms with Gasteiger partial charge in [0.25, 0.3) is 0 Å². The SMILES string of the molecule is O=C(O)[C@H]1CC=CC[C@H]1c1nc(-c2ccncn2)no1. The summed E-state index contributed by atoms with van der Waals surface area (Å²) in [6.45, 7) is 0. The molecule has 102 valence electrons. The summed E-state index contributed by atoms with van der Waals surface area (Å²) >= 11 is 0. The fourth-order valence-electron chi connectivity index (χ4n) is 2.27. The Kier molecular flexibility index (Phi) is 3.24. The molecule has 0 spiro atoms. The second-order valence-electron chi connectivity index (χ2n) is 4.54. The number of nitrogens with zero attached hydrogens (tertiary/aromatic N) is 4. The zero-order chi connectivity index (χ0) is 13.9. The number of allylic oxidation sites excluding steroid dienone is 2. The van der Waals surface area contributed by atoms with Crippen LogP contribution in [0.25, 0.3) is 11.5 Å². The Morgan fingerprint density at radius 1 is 1.35 bits per heavy atom. The first-order chi connectivity index (χ1) is 9.75. The first kappa shape index (κ1) is 12.5. The first-order valence-electron chi connectivity index (χ1n) is 6.23. The Hall–Kier alpha value is -2.57. The summed E-state index contributed by atoms with van der Waals surface area (Å²) in [5, 5.41) is 13.1. The molecule has 3 rings (SSSR count). The molecule has 20 heavy (non-hydrogen) atoms. The van der Waals surface area contributed by atoms with Crippen LogP contribution in [0.4, 0.5) is 0 Å². The van der Waals surface area contributed by atoms with E-state index in [2.05, 4.69) is 20.1 Å². The molecule has 0 aromatic carbocycles. The highest BCUT2D eigenvalue weighted by Gasteiger charge is 2.34. The van der Waals surface area contributed by atoms with Crippen LogP contribution in [-0.2, 0) is 4.79 Å². The van der Waals surface area contributed by atoms with E-state index in [9.17, 15) is 9.90 Å². The molecule has 0 unspecified atom stereocenters. The maximum absolute atomic E-state index is 11.3. The van der Waals surface area contributed by atoms with E-state index in [1.165, 1.54) is 6.33 Å². The third-order valence-corrected chi connectivity index (χ3v) is 3.32. The number of aliphatic carboxylic acids is 1. The average Bonchev–Trinajstić information content (AvgIpc) is 2.98. The van der Waals surface area contributed by atoms with Crippen molar-refractivity contribution in [1.29, 1.82) is 0 Å². The minimum absolute atomic E-state index is 0.291. The molecule has 0 aliphatic heterocycles. The van der Waals surface area contributed by atoms with Crippen molar-refractivity contribution in [1.82, 2.24) is 20.1 Å². The second-order valence-corrected chi connectivity index (χ2v) is 4.54. The number of aromatic nitrogens is 4. The third kappa shape index (κ3) is 2.29. The number of carboxylic acid groups (broad SMARTS) is 1. The molecule has 2 aromatic rings. The normalized spacial score (nSPS) is 21.8. The molecule has 7 nitrogen and oxygen atoms in total. The lowest BCUT2D eigenvalue weighted by molar-refractivity contribution is -0.142. The zero-order valence-corrected chi connectivity index (χ0v) is 10.5. The highest BCUT2D eigenvalue weighted by Crippen LogP contribution is 2.34. The van der Waals surface area contributed by atoms with E-state index in [4.69, 9.17) is 4.52 Å². The van der Waals surface area contributed by atoms with Gasteiger partial charge in [0.1, 0.15) is 12.0 Å². The van der Waals surface area contributed by atoms with Crippen molar-refractivity contribution >= 4 is 5.97 Å². The molecule has 0 amide bonds. The third-order valence-electron chi connectivity index (χ3n) is 3.32. The molecule has 0 radical (unpaired) electrons. The topological polar surface area (TPSA) is 102 Å². The van der Waals surface area contributed by atoms with Gasteiger partial charge in [-0.1, -0.05) is 17.3 Å². The second kappa shape index (κ2) is 5.20. The van der Waals surface area contributed by atoms with Crippen LogP contribution in [0.3, 0.4) is 0 Å². The van der Waals surface area contributed by atoms with Crippen LogP contribution < -0.4 is 0 Å². The van der Waals surface area contributed by atoms with Crippen LogP contribution in [0.5, 0.6) is 0 Å². The van der Waals surface area contributed by atoms with Gasteiger partial charge in [0, 0.05) is 6.20 Å². The lowest BCUT2D eigenvalue weighted by Gasteiger charge is -2.21. The summed E-state index contributed by atoms with van der Waals surface area (Å²) in [5.41, 5.74) is 0.549. The predicted octanol–water partition coefficient (Wildman–Crippen LogP) is 1.66. The highest BCUT2D eigenvalue weighted by atomic mass is 16.5. The van der Waals surface area contributed by atoms with E-state index in [1.807, 2.05) is 12.2 Å². The first-order valence-corrected chi connectivity index (χ1v) is 6.23. The van der Waals surface area contributed by atoms with Crippen molar-refractivity contribution in [3.63, 3.8) is 0 Å². The van der Waals surface area contributed by atoms with Crippen molar-refractivity contribution in [3.05, 3.63) is 36.6 Å². The van der Waals surface area contributed by atoms with Gasteiger partial charge < -0.3 is 9.63 Å². The standard InChI is InChI=1S/C13H12N4O3/c18-13(19)9-4-2-1-3-8(9)12-16-11(17-20-12)10-5-6-14-7-15-10/h1-2,5-9H,3-4H2,(H,18,19)/t8-,9+/m1/s1. The Bertz CT molecular complexity index is 638. The summed E-state index contributed by atoms with van der Waals surface area (Å²) in [5.74, 6) is -0.975. The van der Waals surface area contributed by atoms with E-state index in [0.29, 0.717) is 30.3 Å². The summed E-state index contributed by atoms with van der Waals surface area (Å²) in [6, 6.07) is 1.67. The van der Waals surface area contributed by atoms with Gasteiger partial charge in [0.05, 0.1) is 11.8 Å². The van der Waals surface area contributed by atoms with Crippen LogP contribution in [0, 0.1) is 5.92 Å². The maximum Gasteiger partial charge on any atom is 0.307 e. The molecular weight excluding hydrogens is 260 g/mol. The molecule has 1 aliphatic carbocycles.